The van der Waals surface area contributed by atoms with Crippen LogP contribution in [0.4, 0.5) is 0 Å². The zero-order valence-corrected chi connectivity index (χ0v) is 8.80. The Hall–Kier alpha value is -1.04. The quantitative estimate of drug-likeness (QED) is 0.612. The van der Waals surface area contributed by atoms with E-state index in [1.54, 1.807) is 0 Å². The van der Waals surface area contributed by atoms with Gasteiger partial charge in [-0.1, -0.05) is 44.2 Å². The van der Waals surface area contributed by atoms with Crippen LogP contribution < -0.4 is 0 Å². The molecule has 0 heteroatoms. The van der Waals surface area contributed by atoms with Gasteiger partial charge in [-0.25, -0.2) is 0 Å². The molecule has 0 atom stereocenters. The van der Waals surface area contributed by atoms with E-state index in [4.69, 9.17) is 0 Å². The summed E-state index contributed by atoms with van der Waals surface area (Å²) in [5.74, 6) is 0. The molecule has 0 spiro atoms. The zero-order valence-electron chi connectivity index (χ0n) is 8.80. The van der Waals surface area contributed by atoms with E-state index in [1.165, 1.54) is 11.1 Å². The number of hydrogen-bond donors (Lipinski definition) is 0. The van der Waals surface area contributed by atoms with Crippen molar-refractivity contribution in [2.45, 2.75) is 27.2 Å². The summed E-state index contributed by atoms with van der Waals surface area (Å²) in [7, 11) is 0. The van der Waals surface area contributed by atoms with Crippen LogP contribution in [0, 0.1) is 12.3 Å². The summed E-state index contributed by atoms with van der Waals surface area (Å²) in [4.78, 5) is 0. The van der Waals surface area contributed by atoms with Gasteiger partial charge in [0.25, 0.3) is 0 Å². The molecule has 70 valence electrons. The summed E-state index contributed by atoms with van der Waals surface area (Å²) in [6, 6.07) is 8.54. The van der Waals surface area contributed by atoms with Crippen molar-refractivity contribution < 1.29 is 0 Å². The van der Waals surface area contributed by atoms with Gasteiger partial charge in [0.05, 0.1) is 0 Å². The maximum absolute atomic E-state index is 3.86. The minimum Gasteiger partial charge on any atom is -0.103 e. The van der Waals surface area contributed by atoms with E-state index in [1.807, 2.05) is 6.08 Å². The largest absolute Gasteiger partial charge is 0.103 e. The van der Waals surface area contributed by atoms with Gasteiger partial charge in [-0.05, 0) is 29.9 Å². The van der Waals surface area contributed by atoms with Crippen molar-refractivity contribution in [2.24, 2.45) is 5.41 Å². The Morgan fingerprint density at radius 2 is 1.92 bits per heavy atom. The van der Waals surface area contributed by atoms with E-state index < -0.39 is 0 Å². The monoisotopic (exact) mass is 174 g/mol. The van der Waals surface area contributed by atoms with Crippen molar-refractivity contribution in [3.05, 3.63) is 48.0 Å². The Morgan fingerprint density at radius 3 is 2.46 bits per heavy atom. The van der Waals surface area contributed by atoms with Crippen LogP contribution >= 0.6 is 0 Å². The molecule has 0 heterocycles. The van der Waals surface area contributed by atoms with Crippen molar-refractivity contribution in [1.29, 1.82) is 0 Å². The number of rotatable bonds is 3. The predicted molar refractivity (Wildman–Crippen MR) is 58.9 cm³/mol. The molecule has 0 nitrogen and oxygen atoms in total. The zero-order chi connectivity index (χ0) is 9.90. The number of benzene rings is 1. The third kappa shape index (κ3) is 2.73. The summed E-state index contributed by atoms with van der Waals surface area (Å²) in [6.07, 6.45) is 3.10. The van der Waals surface area contributed by atoms with Gasteiger partial charge >= 0.3 is 0 Å². The highest BCUT2D eigenvalue weighted by Gasteiger charge is 2.14. The molecule has 0 saturated heterocycles. The summed E-state index contributed by atoms with van der Waals surface area (Å²) in [5.41, 5.74) is 3.00. The predicted octanol–water partition coefficient (Wildman–Crippen LogP) is 3.75. The normalized spacial score (nSPS) is 11.3. The molecular weight excluding hydrogens is 156 g/mol. The van der Waals surface area contributed by atoms with Crippen LogP contribution in [-0.2, 0) is 6.42 Å². The standard InChI is InChI=1S/C13H18/c1-5-13(3,4)10-12-9-7-6-8-11(12)2/h5-9H,1,10H2,2-4H3. The minimum atomic E-state index is 0.201. The molecule has 0 saturated carbocycles. The molecular formula is C13H18. The second kappa shape index (κ2) is 3.78. The number of allylic oxidation sites excluding steroid dienone is 1. The highest BCUT2D eigenvalue weighted by molar-refractivity contribution is 5.27. The first-order valence-corrected chi connectivity index (χ1v) is 4.73. The number of hydrogen-bond acceptors (Lipinski definition) is 0. The second-order valence-electron chi connectivity index (χ2n) is 4.30. The minimum absolute atomic E-state index is 0.201. The topological polar surface area (TPSA) is 0 Å². The molecule has 0 aliphatic rings. The molecule has 0 aliphatic carbocycles. The van der Waals surface area contributed by atoms with Gasteiger partial charge in [-0.3, -0.25) is 0 Å². The maximum Gasteiger partial charge on any atom is -0.0137 e. The molecule has 1 aromatic carbocycles. The first kappa shape index (κ1) is 10.0. The lowest BCUT2D eigenvalue weighted by molar-refractivity contribution is 0.478. The van der Waals surface area contributed by atoms with Gasteiger partial charge in [0.1, 0.15) is 0 Å². The van der Waals surface area contributed by atoms with E-state index in [0.717, 1.165) is 6.42 Å². The van der Waals surface area contributed by atoms with Crippen LogP contribution in [0.2, 0.25) is 0 Å². The molecule has 0 aromatic heterocycles. The summed E-state index contributed by atoms with van der Waals surface area (Å²) in [6.45, 7) is 10.4. The van der Waals surface area contributed by atoms with E-state index in [9.17, 15) is 0 Å². The molecule has 0 unspecified atom stereocenters. The van der Waals surface area contributed by atoms with E-state index in [2.05, 4.69) is 51.6 Å². The lowest BCUT2D eigenvalue weighted by atomic mass is 9.85. The van der Waals surface area contributed by atoms with E-state index >= 15 is 0 Å². The summed E-state index contributed by atoms with van der Waals surface area (Å²) >= 11 is 0. The molecule has 13 heavy (non-hydrogen) atoms. The molecule has 1 aromatic rings. The van der Waals surface area contributed by atoms with Crippen LogP contribution in [0.3, 0.4) is 0 Å². The van der Waals surface area contributed by atoms with Crippen LogP contribution in [-0.4, -0.2) is 0 Å². The molecule has 1 rings (SSSR count). The van der Waals surface area contributed by atoms with Crippen molar-refractivity contribution in [3.63, 3.8) is 0 Å². The maximum atomic E-state index is 3.86. The average Bonchev–Trinajstić information content (AvgIpc) is 2.09. The third-order valence-corrected chi connectivity index (χ3v) is 2.46. The Balaban J connectivity index is 2.86. The van der Waals surface area contributed by atoms with Crippen LogP contribution in [0.5, 0.6) is 0 Å². The van der Waals surface area contributed by atoms with Crippen LogP contribution in [0.15, 0.2) is 36.9 Å². The molecule has 0 aliphatic heterocycles. The van der Waals surface area contributed by atoms with Crippen molar-refractivity contribution in [1.82, 2.24) is 0 Å². The summed E-state index contributed by atoms with van der Waals surface area (Å²) < 4.78 is 0. The highest BCUT2D eigenvalue weighted by Crippen LogP contribution is 2.24. The van der Waals surface area contributed by atoms with E-state index in [-0.39, 0.29) is 5.41 Å². The smallest absolute Gasteiger partial charge is 0.0137 e. The summed E-state index contributed by atoms with van der Waals surface area (Å²) in [5, 5.41) is 0. The Labute approximate surface area is 81.3 Å². The average molecular weight is 174 g/mol. The Bertz CT molecular complexity index is 295. The second-order valence-corrected chi connectivity index (χ2v) is 4.30. The highest BCUT2D eigenvalue weighted by atomic mass is 14.2. The van der Waals surface area contributed by atoms with Gasteiger partial charge in [-0.15, -0.1) is 6.58 Å². The van der Waals surface area contributed by atoms with Gasteiger partial charge in [0.15, 0.2) is 0 Å². The van der Waals surface area contributed by atoms with Gasteiger partial charge in [-0.2, -0.15) is 0 Å². The van der Waals surface area contributed by atoms with Crippen molar-refractivity contribution in [2.75, 3.05) is 0 Å². The van der Waals surface area contributed by atoms with Gasteiger partial charge < -0.3 is 0 Å². The van der Waals surface area contributed by atoms with E-state index in [0.29, 0.717) is 0 Å². The third-order valence-electron chi connectivity index (χ3n) is 2.46. The van der Waals surface area contributed by atoms with Crippen LogP contribution in [0.25, 0.3) is 0 Å². The molecule has 0 fully saturated rings. The SMILES string of the molecule is C=CC(C)(C)Cc1ccccc1C. The van der Waals surface area contributed by atoms with Gasteiger partial charge in [0, 0.05) is 0 Å². The first-order chi connectivity index (χ1) is 6.05. The first-order valence-electron chi connectivity index (χ1n) is 4.73. The fourth-order valence-electron chi connectivity index (χ4n) is 1.37. The van der Waals surface area contributed by atoms with Crippen molar-refractivity contribution >= 4 is 0 Å². The molecule has 0 bridgehead atoms. The van der Waals surface area contributed by atoms with Crippen molar-refractivity contribution in [3.8, 4) is 0 Å². The molecule has 0 radical (unpaired) electrons. The lowest BCUT2D eigenvalue weighted by Gasteiger charge is -2.20. The molecule has 0 N–H and O–H groups in total. The fraction of sp³-hybridized carbons (Fsp3) is 0.385. The number of aryl methyl sites for hydroxylation is 1. The Morgan fingerprint density at radius 1 is 1.31 bits per heavy atom. The Kier molecular flexibility index (Phi) is 2.92. The fourth-order valence-corrected chi connectivity index (χ4v) is 1.37. The lowest BCUT2D eigenvalue weighted by Crippen LogP contribution is -2.11. The van der Waals surface area contributed by atoms with Gasteiger partial charge in [0.2, 0.25) is 0 Å². The molecule has 0 amide bonds. The van der Waals surface area contributed by atoms with Crippen LogP contribution in [0.1, 0.15) is 25.0 Å².